The van der Waals surface area contributed by atoms with Crippen molar-refractivity contribution in [3.8, 4) is 28.6 Å². The molecule has 8 aromatic rings. The number of aromatic nitrogens is 3. The Labute approximate surface area is 293 Å². The number of hydrogen-bond donors (Lipinski definition) is 0. The lowest BCUT2D eigenvalue weighted by Gasteiger charge is -2.16. The van der Waals surface area contributed by atoms with Gasteiger partial charge in [-0.3, -0.25) is 4.98 Å². The molecule has 264 valence electrons. The second kappa shape index (κ2) is 11.6. The van der Waals surface area contributed by atoms with Crippen molar-refractivity contribution in [2.45, 2.75) is 25.5 Å². The van der Waals surface area contributed by atoms with Crippen LogP contribution in [0.2, 0.25) is 0 Å². The molecular formula is C40H21F9N4. The lowest BCUT2D eigenvalue weighted by molar-refractivity contribution is -0.138. The van der Waals surface area contributed by atoms with Crippen LogP contribution in [-0.4, -0.2) is 14.1 Å². The third-order valence-corrected chi connectivity index (χ3v) is 9.38. The molecule has 0 amide bonds. The fourth-order valence-corrected chi connectivity index (χ4v) is 7.01. The molecule has 0 atom stereocenters. The molecule has 3 heterocycles. The highest BCUT2D eigenvalue weighted by molar-refractivity contribution is 6.11. The number of alkyl halides is 9. The third-order valence-electron chi connectivity index (χ3n) is 9.38. The van der Waals surface area contributed by atoms with Gasteiger partial charge in [0.2, 0.25) is 0 Å². The van der Waals surface area contributed by atoms with Crippen LogP contribution in [0.5, 0.6) is 0 Å². The van der Waals surface area contributed by atoms with Crippen LogP contribution in [0.1, 0.15) is 27.8 Å². The molecule has 0 spiro atoms. The lowest BCUT2D eigenvalue weighted by atomic mass is 9.99. The summed E-state index contributed by atoms with van der Waals surface area (Å²) in [6.07, 6.45) is -11.1. The first-order chi connectivity index (χ1) is 25.0. The van der Waals surface area contributed by atoms with Crippen LogP contribution in [0.4, 0.5) is 39.5 Å². The second-order valence-corrected chi connectivity index (χ2v) is 12.6. The van der Waals surface area contributed by atoms with E-state index < -0.39 is 35.2 Å². The summed E-state index contributed by atoms with van der Waals surface area (Å²) < 4.78 is 128. The van der Waals surface area contributed by atoms with Crippen LogP contribution in [0.15, 0.2) is 109 Å². The highest BCUT2D eigenvalue weighted by Crippen LogP contribution is 2.43. The summed E-state index contributed by atoms with van der Waals surface area (Å²) in [5.74, 6) is 0. The maximum atomic E-state index is 13.8. The SMILES string of the molecule is Cc1ccc2c(c1)c1cc(C(F)(F)F)ccc1n2-c1ccncc1-c1cc(-n2c3ccc(C(F)(F)F)cc3c3cc(C(F)(F)F)ccc32)ccc1C#N. The van der Waals surface area contributed by atoms with Crippen molar-refractivity contribution in [3.63, 3.8) is 0 Å². The summed E-state index contributed by atoms with van der Waals surface area (Å²) in [5.41, 5.74) is 0.982. The minimum absolute atomic E-state index is 0.0623. The van der Waals surface area contributed by atoms with Crippen LogP contribution < -0.4 is 0 Å². The van der Waals surface area contributed by atoms with Gasteiger partial charge < -0.3 is 9.13 Å². The van der Waals surface area contributed by atoms with E-state index in [4.69, 9.17) is 0 Å². The van der Waals surface area contributed by atoms with E-state index >= 15 is 0 Å². The third kappa shape index (κ3) is 5.53. The van der Waals surface area contributed by atoms with Crippen LogP contribution in [-0.2, 0) is 18.5 Å². The summed E-state index contributed by atoms with van der Waals surface area (Å²) in [6, 6.07) is 22.9. The molecule has 53 heavy (non-hydrogen) atoms. The molecule has 13 heteroatoms. The van der Waals surface area contributed by atoms with Gasteiger partial charge in [-0.15, -0.1) is 0 Å². The van der Waals surface area contributed by atoms with Gasteiger partial charge >= 0.3 is 18.5 Å². The highest BCUT2D eigenvalue weighted by atomic mass is 19.4. The van der Waals surface area contributed by atoms with Gasteiger partial charge in [0.05, 0.1) is 56.1 Å². The van der Waals surface area contributed by atoms with Crippen LogP contribution >= 0.6 is 0 Å². The van der Waals surface area contributed by atoms with E-state index in [9.17, 15) is 44.8 Å². The largest absolute Gasteiger partial charge is 0.416 e. The van der Waals surface area contributed by atoms with E-state index in [1.165, 1.54) is 47.3 Å². The second-order valence-electron chi connectivity index (χ2n) is 12.6. The Balaban J connectivity index is 1.40. The molecule has 0 unspecified atom stereocenters. The Hall–Kier alpha value is -6.29. The number of aryl methyl sites for hydroxylation is 1. The summed E-state index contributed by atoms with van der Waals surface area (Å²) in [4.78, 5) is 4.29. The van der Waals surface area contributed by atoms with Crippen molar-refractivity contribution < 1.29 is 39.5 Å². The zero-order valence-corrected chi connectivity index (χ0v) is 27.1. The molecule has 0 saturated carbocycles. The van der Waals surface area contributed by atoms with Gasteiger partial charge in [0.1, 0.15) is 0 Å². The standard InChI is InChI=1S/C40H21F9N4/c1-21-2-8-35-28(14-21)29-15-25(40(47,48)49)6-11-36(29)53(35)37-12-13-51-20-32(37)27-18-26(7-3-22(27)19-50)52-33-9-4-23(38(41,42)43)16-30(33)31-17-24(39(44,45)46)5-10-34(31)52/h2-18,20H,1H3. The first kappa shape index (κ1) is 33.8. The highest BCUT2D eigenvalue weighted by Gasteiger charge is 2.34. The summed E-state index contributed by atoms with van der Waals surface area (Å²) in [6.45, 7) is 1.82. The zero-order chi connectivity index (χ0) is 37.6. The topological polar surface area (TPSA) is 46.5 Å². The van der Waals surface area contributed by atoms with Gasteiger partial charge in [0, 0.05) is 50.8 Å². The minimum Gasteiger partial charge on any atom is -0.309 e. The Morgan fingerprint density at radius 2 is 1.00 bits per heavy atom. The number of nitriles is 1. The zero-order valence-electron chi connectivity index (χ0n) is 27.1. The quantitative estimate of drug-likeness (QED) is 0.170. The fraction of sp³-hybridized carbons (Fsp3) is 0.100. The number of nitrogens with zero attached hydrogens (tertiary/aromatic N) is 4. The average Bonchev–Trinajstić information content (AvgIpc) is 3.61. The van der Waals surface area contributed by atoms with Crippen molar-refractivity contribution in [2.24, 2.45) is 0 Å². The molecule has 0 N–H and O–H groups in total. The Kier molecular flexibility index (Phi) is 7.41. The molecule has 0 aliphatic rings. The fourth-order valence-electron chi connectivity index (χ4n) is 7.01. The maximum Gasteiger partial charge on any atom is 0.416 e. The molecule has 4 nitrogen and oxygen atoms in total. The number of benzene rings is 5. The predicted octanol–water partition coefficient (Wildman–Crippen LogP) is 12.2. The Bertz CT molecular complexity index is 2760. The first-order valence-corrected chi connectivity index (χ1v) is 15.9. The predicted molar refractivity (Wildman–Crippen MR) is 183 cm³/mol. The average molecular weight is 729 g/mol. The van der Waals surface area contributed by atoms with Crippen molar-refractivity contribution in [1.82, 2.24) is 14.1 Å². The van der Waals surface area contributed by atoms with Crippen molar-refractivity contribution in [2.75, 3.05) is 0 Å². The minimum atomic E-state index is -4.76. The van der Waals surface area contributed by atoms with Gasteiger partial charge in [-0.05, 0) is 97.9 Å². The van der Waals surface area contributed by atoms with Gasteiger partial charge in [-0.1, -0.05) is 11.6 Å². The van der Waals surface area contributed by atoms with E-state index in [1.54, 1.807) is 28.8 Å². The molecule has 0 saturated heterocycles. The molecule has 8 rings (SSSR count). The molecule has 5 aromatic carbocycles. The summed E-state index contributed by atoms with van der Waals surface area (Å²) in [5, 5.41) is 11.0. The maximum absolute atomic E-state index is 13.8. The molecule has 0 aliphatic heterocycles. The number of halogens is 9. The number of hydrogen-bond acceptors (Lipinski definition) is 2. The molecular weight excluding hydrogens is 707 g/mol. The van der Waals surface area contributed by atoms with Gasteiger partial charge in [0.25, 0.3) is 0 Å². The van der Waals surface area contributed by atoms with E-state index in [-0.39, 0.29) is 27.4 Å². The summed E-state index contributed by atoms with van der Waals surface area (Å²) >= 11 is 0. The van der Waals surface area contributed by atoms with E-state index in [1.807, 2.05) is 13.0 Å². The van der Waals surface area contributed by atoms with Crippen LogP contribution in [0, 0.1) is 18.3 Å². The lowest BCUT2D eigenvalue weighted by Crippen LogP contribution is -2.05. The van der Waals surface area contributed by atoms with Gasteiger partial charge in [0.15, 0.2) is 0 Å². The molecule has 0 bridgehead atoms. The normalized spacial score (nSPS) is 12.7. The molecule has 0 radical (unpaired) electrons. The van der Waals surface area contributed by atoms with Crippen molar-refractivity contribution in [1.29, 1.82) is 5.26 Å². The van der Waals surface area contributed by atoms with Crippen LogP contribution in [0.25, 0.3) is 66.1 Å². The Morgan fingerprint density at radius 1 is 0.528 bits per heavy atom. The van der Waals surface area contributed by atoms with E-state index in [2.05, 4.69) is 11.1 Å². The Morgan fingerprint density at radius 3 is 1.49 bits per heavy atom. The smallest absolute Gasteiger partial charge is 0.309 e. The van der Waals surface area contributed by atoms with Crippen molar-refractivity contribution >= 4 is 43.6 Å². The number of fused-ring (bicyclic) bond motifs is 6. The molecule has 3 aromatic heterocycles. The molecule has 0 aliphatic carbocycles. The summed E-state index contributed by atoms with van der Waals surface area (Å²) in [7, 11) is 0. The van der Waals surface area contributed by atoms with Crippen LogP contribution in [0.3, 0.4) is 0 Å². The number of rotatable bonds is 3. The molecule has 0 fully saturated rings. The van der Waals surface area contributed by atoms with Crippen molar-refractivity contribution in [3.05, 3.63) is 137 Å². The van der Waals surface area contributed by atoms with Gasteiger partial charge in [-0.2, -0.15) is 44.8 Å². The van der Waals surface area contributed by atoms with E-state index in [0.717, 1.165) is 42.0 Å². The number of pyridine rings is 1. The van der Waals surface area contributed by atoms with Gasteiger partial charge in [-0.25, -0.2) is 0 Å². The van der Waals surface area contributed by atoms with E-state index in [0.29, 0.717) is 44.3 Å². The first-order valence-electron chi connectivity index (χ1n) is 15.9. The monoisotopic (exact) mass is 728 g/mol.